The van der Waals surface area contributed by atoms with Gasteiger partial charge in [-0.2, -0.15) is 0 Å². The zero-order chi connectivity index (χ0) is 12.4. The van der Waals surface area contributed by atoms with Gasteiger partial charge in [0.05, 0.1) is 9.50 Å². The summed E-state index contributed by atoms with van der Waals surface area (Å²) < 4.78 is 0.974. The third-order valence-corrected chi connectivity index (χ3v) is 3.90. The van der Waals surface area contributed by atoms with Gasteiger partial charge in [0.25, 0.3) is 0 Å². The Bertz CT molecular complexity index is 399. The maximum atomic E-state index is 5.93. The van der Waals surface area contributed by atoms with Gasteiger partial charge in [0, 0.05) is 25.3 Å². The van der Waals surface area contributed by atoms with E-state index >= 15 is 0 Å². The standard InChI is InChI=1S/C12H17BrClN3/c1-9-8-16(2)4-3-5-17(9)12-11(13)6-10(14)7-15-12/h6-7,9H,3-5,8H2,1-2H3. The van der Waals surface area contributed by atoms with E-state index in [0.29, 0.717) is 11.1 Å². The van der Waals surface area contributed by atoms with Crippen LogP contribution >= 0.6 is 27.5 Å². The number of hydrogen-bond acceptors (Lipinski definition) is 3. The van der Waals surface area contributed by atoms with Crippen molar-refractivity contribution in [1.82, 2.24) is 9.88 Å². The maximum Gasteiger partial charge on any atom is 0.143 e. The summed E-state index contributed by atoms with van der Waals surface area (Å²) in [6, 6.07) is 2.37. The molecule has 3 nitrogen and oxygen atoms in total. The van der Waals surface area contributed by atoms with Gasteiger partial charge in [-0.15, -0.1) is 0 Å². The fourth-order valence-electron chi connectivity index (χ4n) is 2.31. The molecule has 0 amide bonds. The van der Waals surface area contributed by atoms with Crippen LogP contribution in [0.2, 0.25) is 5.02 Å². The SMILES string of the molecule is CC1CN(C)CCCN1c1ncc(Cl)cc1Br. The van der Waals surface area contributed by atoms with Gasteiger partial charge in [-0.25, -0.2) is 4.98 Å². The quantitative estimate of drug-likeness (QED) is 0.793. The first-order valence-corrected chi connectivity index (χ1v) is 7.01. The molecule has 0 radical (unpaired) electrons. The molecule has 0 bridgehead atoms. The summed E-state index contributed by atoms with van der Waals surface area (Å²) in [7, 11) is 2.17. The van der Waals surface area contributed by atoms with Gasteiger partial charge in [-0.3, -0.25) is 0 Å². The fraction of sp³-hybridized carbons (Fsp3) is 0.583. The van der Waals surface area contributed by atoms with E-state index in [0.717, 1.165) is 36.3 Å². The summed E-state index contributed by atoms with van der Waals surface area (Å²) in [5.41, 5.74) is 0. The molecule has 1 saturated heterocycles. The van der Waals surface area contributed by atoms with Crippen molar-refractivity contribution in [1.29, 1.82) is 0 Å². The zero-order valence-corrected chi connectivity index (χ0v) is 12.5. The minimum atomic E-state index is 0.465. The molecule has 1 aromatic rings. The minimum Gasteiger partial charge on any atom is -0.352 e. The smallest absolute Gasteiger partial charge is 0.143 e. The van der Waals surface area contributed by atoms with Gasteiger partial charge in [-0.05, 0) is 48.9 Å². The number of nitrogens with zero attached hydrogens (tertiary/aromatic N) is 3. The lowest BCUT2D eigenvalue weighted by Crippen LogP contribution is -2.38. The largest absolute Gasteiger partial charge is 0.352 e. The van der Waals surface area contributed by atoms with Crippen molar-refractivity contribution in [2.24, 2.45) is 0 Å². The fourth-order valence-corrected chi connectivity index (χ4v) is 3.17. The maximum absolute atomic E-state index is 5.93. The lowest BCUT2D eigenvalue weighted by Gasteiger charge is -2.29. The van der Waals surface area contributed by atoms with Gasteiger partial charge >= 0.3 is 0 Å². The summed E-state index contributed by atoms with van der Waals surface area (Å²) in [5, 5.41) is 0.667. The average Bonchev–Trinajstić information content (AvgIpc) is 2.40. The van der Waals surface area contributed by atoms with Crippen LogP contribution in [0.1, 0.15) is 13.3 Å². The topological polar surface area (TPSA) is 19.4 Å². The number of likely N-dealkylation sites (N-methyl/N-ethyl adjacent to an activating group) is 1. The highest BCUT2D eigenvalue weighted by Gasteiger charge is 2.22. The van der Waals surface area contributed by atoms with E-state index in [-0.39, 0.29) is 0 Å². The van der Waals surface area contributed by atoms with Crippen LogP contribution in [0.25, 0.3) is 0 Å². The predicted octanol–water partition coefficient (Wildman–Crippen LogP) is 3.03. The number of aromatic nitrogens is 1. The average molecular weight is 319 g/mol. The highest BCUT2D eigenvalue weighted by Crippen LogP contribution is 2.28. The third kappa shape index (κ3) is 3.12. The number of halogens is 2. The summed E-state index contributed by atoms with van der Waals surface area (Å²) in [5.74, 6) is 0.997. The Labute approximate surface area is 116 Å². The molecule has 2 rings (SSSR count). The Balaban J connectivity index is 2.25. The van der Waals surface area contributed by atoms with Crippen LogP contribution in [0.3, 0.4) is 0 Å². The molecule has 1 fully saturated rings. The summed E-state index contributed by atoms with van der Waals surface area (Å²) in [6.07, 6.45) is 2.88. The first-order valence-electron chi connectivity index (χ1n) is 5.84. The van der Waals surface area contributed by atoms with Crippen molar-refractivity contribution in [3.05, 3.63) is 21.8 Å². The van der Waals surface area contributed by atoms with Crippen LogP contribution in [0.5, 0.6) is 0 Å². The molecule has 0 saturated carbocycles. The Hall–Kier alpha value is -0.320. The summed E-state index contributed by atoms with van der Waals surface area (Å²) in [6.45, 7) is 5.49. The summed E-state index contributed by atoms with van der Waals surface area (Å²) in [4.78, 5) is 9.17. The van der Waals surface area contributed by atoms with Crippen molar-refractivity contribution < 1.29 is 0 Å². The number of rotatable bonds is 1. The van der Waals surface area contributed by atoms with Crippen LogP contribution < -0.4 is 4.90 Å². The molecule has 17 heavy (non-hydrogen) atoms. The third-order valence-electron chi connectivity index (χ3n) is 3.11. The second kappa shape index (κ2) is 5.55. The Morgan fingerprint density at radius 2 is 2.24 bits per heavy atom. The van der Waals surface area contributed by atoms with Gasteiger partial charge in [0.15, 0.2) is 0 Å². The van der Waals surface area contributed by atoms with Crippen molar-refractivity contribution in [2.75, 3.05) is 31.6 Å². The van der Waals surface area contributed by atoms with E-state index in [9.17, 15) is 0 Å². The predicted molar refractivity (Wildman–Crippen MR) is 75.9 cm³/mol. The van der Waals surface area contributed by atoms with Gasteiger partial charge in [0.1, 0.15) is 5.82 Å². The Morgan fingerprint density at radius 3 is 2.94 bits per heavy atom. The van der Waals surface area contributed by atoms with Crippen LogP contribution in [-0.4, -0.2) is 42.6 Å². The molecule has 0 aliphatic carbocycles. The van der Waals surface area contributed by atoms with Crippen molar-refractivity contribution in [2.45, 2.75) is 19.4 Å². The van der Waals surface area contributed by atoms with E-state index in [2.05, 4.69) is 44.7 Å². The first-order chi connectivity index (χ1) is 8.08. The highest BCUT2D eigenvalue weighted by atomic mass is 79.9. The molecule has 1 unspecified atom stereocenters. The second-order valence-corrected chi connectivity index (χ2v) is 5.91. The highest BCUT2D eigenvalue weighted by molar-refractivity contribution is 9.10. The van der Waals surface area contributed by atoms with E-state index in [4.69, 9.17) is 11.6 Å². The van der Waals surface area contributed by atoms with Crippen LogP contribution in [0, 0.1) is 0 Å². The van der Waals surface area contributed by atoms with E-state index in [1.165, 1.54) is 0 Å². The van der Waals surface area contributed by atoms with Crippen LogP contribution in [-0.2, 0) is 0 Å². The molecule has 1 aromatic heterocycles. The molecule has 1 atom stereocenters. The van der Waals surface area contributed by atoms with Crippen LogP contribution in [0.4, 0.5) is 5.82 Å². The molecule has 1 aliphatic rings. The molecular weight excluding hydrogens is 302 g/mol. The minimum absolute atomic E-state index is 0.465. The number of pyridine rings is 1. The van der Waals surface area contributed by atoms with Crippen molar-refractivity contribution in [3.8, 4) is 0 Å². The lowest BCUT2D eigenvalue weighted by atomic mass is 10.2. The normalized spacial score (nSPS) is 22.6. The van der Waals surface area contributed by atoms with E-state index < -0.39 is 0 Å². The van der Waals surface area contributed by atoms with Crippen molar-refractivity contribution >= 4 is 33.3 Å². The molecule has 0 spiro atoms. The monoisotopic (exact) mass is 317 g/mol. The molecule has 94 valence electrons. The van der Waals surface area contributed by atoms with Gasteiger partial charge in [0.2, 0.25) is 0 Å². The molecule has 1 aliphatic heterocycles. The molecular formula is C12H17BrClN3. The Morgan fingerprint density at radius 1 is 1.47 bits per heavy atom. The first kappa shape index (κ1) is 13.1. The van der Waals surface area contributed by atoms with E-state index in [1.54, 1.807) is 6.20 Å². The molecule has 0 N–H and O–H groups in total. The summed E-state index contributed by atoms with van der Waals surface area (Å²) >= 11 is 9.48. The number of anilines is 1. The van der Waals surface area contributed by atoms with Gasteiger partial charge in [-0.1, -0.05) is 11.6 Å². The molecule has 5 heteroatoms. The van der Waals surface area contributed by atoms with E-state index in [1.807, 2.05) is 6.07 Å². The van der Waals surface area contributed by atoms with Crippen molar-refractivity contribution in [3.63, 3.8) is 0 Å². The lowest BCUT2D eigenvalue weighted by molar-refractivity contribution is 0.337. The zero-order valence-electron chi connectivity index (χ0n) is 10.2. The van der Waals surface area contributed by atoms with Gasteiger partial charge < -0.3 is 9.80 Å². The number of hydrogen-bond donors (Lipinski definition) is 0. The molecule has 2 heterocycles. The molecule has 0 aromatic carbocycles. The second-order valence-electron chi connectivity index (χ2n) is 4.62. The van der Waals surface area contributed by atoms with Crippen LogP contribution in [0.15, 0.2) is 16.7 Å². The Kier molecular flexibility index (Phi) is 4.28.